The lowest BCUT2D eigenvalue weighted by atomic mass is 10.0. The summed E-state index contributed by atoms with van der Waals surface area (Å²) in [6, 6.07) is 6.67. The number of nitrogens with zero attached hydrogens (tertiary/aromatic N) is 1. The van der Waals surface area contributed by atoms with Crippen molar-refractivity contribution in [3.8, 4) is 5.75 Å². The first-order chi connectivity index (χ1) is 41.4. The molecule has 0 unspecified atom stereocenters. The minimum atomic E-state index is -1.30. The molecule has 14 amide bonds. The van der Waals surface area contributed by atoms with Crippen LogP contribution in [0.1, 0.15) is 105 Å². The van der Waals surface area contributed by atoms with E-state index in [2.05, 4.69) is 53.2 Å². The van der Waals surface area contributed by atoms with Gasteiger partial charge in [0.05, 0.1) is 24.5 Å². The molecule has 0 spiro atoms. The summed E-state index contributed by atoms with van der Waals surface area (Å²) in [5.74, 6) is -10.6. The van der Waals surface area contributed by atoms with Gasteiger partial charge in [-0.2, -0.15) is 0 Å². The van der Waals surface area contributed by atoms with Crippen molar-refractivity contribution in [1.29, 1.82) is 0 Å². The second kappa shape index (κ2) is 37.0. The fourth-order valence-electron chi connectivity index (χ4n) is 8.77. The average Bonchev–Trinajstić information content (AvgIpc) is 3.86. The molecule has 1 heterocycles. The van der Waals surface area contributed by atoms with Gasteiger partial charge in [0.15, 0.2) is 0 Å². The summed E-state index contributed by atoms with van der Waals surface area (Å²) >= 11 is 0.829. The summed E-state index contributed by atoms with van der Waals surface area (Å²) in [6.45, 7) is 11.4. The van der Waals surface area contributed by atoms with E-state index in [1.807, 2.05) is 13.8 Å². The Morgan fingerprint density at radius 3 is 1.64 bits per heavy atom. The molecular formula is C59H85N13O15S. The zero-order valence-corrected chi connectivity index (χ0v) is 51.7. The maximum absolute atomic E-state index is 13.7. The number of aromatic hydroxyl groups is 1. The summed E-state index contributed by atoms with van der Waals surface area (Å²) in [4.78, 5) is 182. The molecular weight excluding hydrogens is 1160 g/mol. The second-order valence-electron chi connectivity index (χ2n) is 22.4. The van der Waals surface area contributed by atoms with Crippen LogP contribution in [0, 0.1) is 17.8 Å². The fourth-order valence-corrected chi connectivity index (χ4v) is 9.77. The zero-order chi connectivity index (χ0) is 65.8. The van der Waals surface area contributed by atoms with Gasteiger partial charge in [0.1, 0.15) is 48.0 Å². The van der Waals surface area contributed by atoms with Gasteiger partial charge >= 0.3 is 0 Å². The summed E-state index contributed by atoms with van der Waals surface area (Å²) in [7, 11) is 0. The third kappa shape index (κ3) is 26.8. The lowest BCUT2D eigenvalue weighted by Gasteiger charge is -2.25. The number of nitrogens with two attached hydrogens (primary N) is 2. The highest BCUT2D eigenvalue weighted by Crippen LogP contribution is 2.26. The number of phenols is 1. The van der Waals surface area contributed by atoms with Crippen LogP contribution < -0.4 is 64.6 Å². The van der Waals surface area contributed by atoms with Crippen molar-refractivity contribution in [2.45, 2.75) is 149 Å². The van der Waals surface area contributed by atoms with Gasteiger partial charge in [0.25, 0.3) is 11.8 Å². The molecule has 482 valence electrons. The van der Waals surface area contributed by atoms with Crippen molar-refractivity contribution in [3.05, 3.63) is 76.7 Å². The van der Waals surface area contributed by atoms with E-state index in [1.165, 1.54) is 19.1 Å². The van der Waals surface area contributed by atoms with Gasteiger partial charge in [-0.25, -0.2) is 0 Å². The molecule has 3 rings (SSSR count). The molecule has 15 N–H and O–H groups in total. The van der Waals surface area contributed by atoms with E-state index in [-0.39, 0.29) is 85.7 Å². The van der Waals surface area contributed by atoms with Gasteiger partial charge in [-0.15, -0.1) is 11.8 Å². The van der Waals surface area contributed by atoms with Gasteiger partial charge in [-0.3, -0.25) is 72.0 Å². The smallest absolute Gasteiger partial charge is 0.267 e. The summed E-state index contributed by atoms with van der Waals surface area (Å²) in [5.41, 5.74) is 12.1. The predicted molar refractivity (Wildman–Crippen MR) is 324 cm³/mol. The number of amides is 14. The van der Waals surface area contributed by atoms with Gasteiger partial charge in [0.2, 0.25) is 70.9 Å². The third-order valence-electron chi connectivity index (χ3n) is 13.4. The largest absolute Gasteiger partial charge is 0.508 e. The highest BCUT2D eigenvalue weighted by molar-refractivity contribution is 8.04. The molecule has 1 aliphatic heterocycles. The molecule has 0 bridgehead atoms. The first-order valence-electron chi connectivity index (χ1n) is 28.9. The number of imide groups is 1. The molecule has 0 fully saturated rings. The maximum atomic E-state index is 13.7. The van der Waals surface area contributed by atoms with Crippen LogP contribution in [-0.4, -0.2) is 167 Å². The highest BCUT2D eigenvalue weighted by atomic mass is 32.2. The molecule has 0 saturated carbocycles. The number of primary amides is 2. The monoisotopic (exact) mass is 1250 g/mol. The Balaban J connectivity index is 1.53. The maximum Gasteiger partial charge on any atom is 0.267 e. The van der Waals surface area contributed by atoms with Crippen LogP contribution in [0.2, 0.25) is 0 Å². The lowest BCUT2D eigenvalue weighted by Crippen LogP contribution is -2.57. The van der Waals surface area contributed by atoms with Crippen LogP contribution in [0.25, 0.3) is 0 Å². The van der Waals surface area contributed by atoms with Crippen LogP contribution >= 0.6 is 11.8 Å². The number of benzene rings is 2. The summed E-state index contributed by atoms with van der Waals surface area (Å²) in [5, 5.41) is 34.9. The molecule has 0 aliphatic carbocycles. The van der Waals surface area contributed by atoms with E-state index in [0.29, 0.717) is 17.5 Å². The molecule has 28 nitrogen and oxygen atoms in total. The molecule has 0 saturated heterocycles. The van der Waals surface area contributed by atoms with E-state index in [1.54, 1.807) is 70.2 Å². The van der Waals surface area contributed by atoms with E-state index in [4.69, 9.17) is 11.5 Å². The molecule has 1 aliphatic rings. The SMILES string of the molecule is CC(=O)N[C@H](CSC1=CC(=O)N(CCCCCC(=O)N[C@@H](Cc2ccc(O)cc2)C(=O)NCC(=O)NCC(=O)N[C@@H](Cc2ccccc2)C(=O)N[C@@H](CC(C)C)C(N)=O)C1=O)C(=O)N[C@@H](CC(C)C)C(=O)N[C@@H](C)C(=O)NCC(=O)N[C@H](C(N)=O)C(C)C. The Morgan fingerprint density at radius 2 is 1.05 bits per heavy atom. The van der Waals surface area contributed by atoms with Gasteiger partial charge < -0.3 is 69.7 Å². The van der Waals surface area contributed by atoms with Crippen LogP contribution in [0.4, 0.5) is 0 Å². The van der Waals surface area contributed by atoms with E-state index in [0.717, 1.165) is 29.7 Å². The van der Waals surface area contributed by atoms with Crippen LogP contribution in [0.3, 0.4) is 0 Å². The van der Waals surface area contributed by atoms with E-state index < -0.39 is 145 Å². The minimum Gasteiger partial charge on any atom is -0.508 e. The number of rotatable bonds is 38. The number of carbonyl (C=O) groups excluding carboxylic acids is 14. The number of carbonyl (C=O) groups is 14. The minimum absolute atomic E-state index is 0.0165. The summed E-state index contributed by atoms with van der Waals surface area (Å²) in [6.07, 6.45) is 2.28. The standard InChI is InChI=1S/C59H85N13O15S/c1-32(2)23-40(52(60)80)69-57(85)43(25-37-15-11-9-12-16-37)68-48(77)29-62-47(76)28-64-55(83)42(26-38-18-20-39(74)21-19-38)67-46(75)17-13-10-14-22-72-50(79)27-45(59(72)87)88-31-44(66-36(8)73)58(86)70-41(24-33(3)4)56(84)65-35(7)54(82)63-30-49(78)71-51(34(5)6)53(61)81/h9,11-12,15-16,18-21,27,32-35,40-44,51,74H,10,13-14,17,22-26,28-31H2,1-8H3,(H2,60,80)(H2,61,81)(H,62,76)(H,63,82)(H,64,83)(H,65,84)(H,66,73)(H,67,75)(H,68,77)(H,69,85)(H,70,86)(H,71,78)/t35-,40-,41-,42-,43-,44+,51-/m0/s1. The molecule has 88 heavy (non-hydrogen) atoms. The number of phenolic OH excluding ortho intramolecular Hbond substituents is 1. The molecule has 2 aromatic rings. The van der Waals surface area contributed by atoms with Crippen LogP contribution in [-0.2, 0) is 80.0 Å². The number of nitrogens with one attached hydrogen (secondary N) is 10. The highest BCUT2D eigenvalue weighted by Gasteiger charge is 2.35. The number of unbranched alkanes of at least 4 members (excludes halogenated alkanes) is 2. The number of hydrogen-bond donors (Lipinski definition) is 13. The molecule has 7 atom stereocenters. The van der Waals surface area contributed by atoms with Crippen molar-refractivity contribution >= 4 is 94.5 Å². The normalized spacial score (nSPS) is 14.4. The Bertz CT molecular complexity index is 2850. The first-order valence-corrected chi connectivity index (χ1v) is 29.9. The summed E-state index contributed by atoms with van der Waals surface area (Å²) < 4.78 is 0. The van der Waals surface area contributed by atoms with Crippen molar-refractivity contribution in [1.82, 2.24) is 58.1 Å². The molecule has 2 aromatic carbocycles. The predicted octanol–water partition coefficient (Wildman–Crippen LogP) is -1.78. The molecule has 29 heteroatoms. The topological polar surface area (TPSA) is 435 Å². The van der Waals surface area contributed by atoms with Gasteiger partial charge in [-0.05, 0) is 73.6 Å². The third-order valence-corrected chi connectivity index (χ3v) is 14.5. The van der Waals surface area contributed by atoms with Crippen molar-refractivity contribution in [2.75, 3.05) is 31.9 Å². The van der Waals surface area contributed by atoms with Crippen LogP contribution in [0.15, 0.2) is 65.6 Å². The quantitative estimate of drug-likeness (QED) is 0.0261. The Hall–Kier alpha value is -8.89. The number of thioether (sulfide) groups is 1. The van der Waals surface area contributed by atoms with Crippen LogP contribution in [0.5, 0.6) is 5.75 Å². The van der Waals surface area contributed by atoms with Gasteiger partial charge in [0, 0.05) is 44.6 Å². The lowest BCUT2D eigenvalue weighted by molar-refractivity contribution is -0.137. The van der Waals surface area contributed by atoms with E-state index >= 15 is 0 Å². The Kier molecular flexibility index (Phi) is 30.8. The van der Waals surface area contributed by atoms with Crippen molar-refractivity contribution in [2.24, 2.45) is 29.2 Å². The molecule has 0 aromatic heterocycles. The second-order valence-corrected chi connectivity index (χ2v) is 23.5. The van der Waals surface area contributed by atoms with Crippen molar-refractivity contribution in [3.63, 3.8) is 0 Å². The number of hydrogen-bond acceptors (Lipinski definition) is 16. The Labute approximate surface area is 515 Å². The molecule has 0 radical (unpaired) electrons. The van der Waals surface area contributed by atoms with E-state index in [9.17, 15) is 72.2 Å². The van der Waals surface area contributed by atoms with Gasteiger partial charge in [-0.1, -0.05) is 90.4 Å². The average molecular weight is 1250 g/mol. The Morgan fingerprint density at radius 1 is 0.523 bits per heavy atom. The fraction of sp³-hybridized carbons (Fsp3) is 0.525. The van der Waals surface area contributed by atoms with Crippen molar-refractivity contribution < 1.29 is 72.2 Å². The zero-order valence-electron chi connectivity index (χ0n) is 50.9. The first kappa shape index (κ1) is 73.4.